The Morgan fingerprint density at radius 3 is 1.90 bits per heavy atom. The number of hydrogen-bond acceptors (Lipinski definition) is 2. The Morgan fingerprint density at radius 1 is 0.520 bits per heavy atom. The number of allylic oxidation sites excluding steroid dienone is 1. The van der Waals surface area contributed by atoms with E-state index in [-0.39, 0.29) is 0 Å². The fourth-order valence-corrected chi connectivity index (χ4v) is 7.98. The van der Waals surface area contributed by atoms with Crippen LogP contribution >= 0.6 is 0 Å². The van der Waals surface area contributed by atoms with E-state index in [1.165, 1.54) is 44.0 Å². The minimum absolute atomic E-state index is 0.942. The standard InChI is InChI=1S/C46H30N4/c1-7-19-41(49-43-21-9-3-15-35(43)36-16-4-10-22-44(36)49)33(13-1)31-25-27-47-29-39(31)40-30-48-28-26-32(40)34-14-2-8-20-42(34)50-45-23-11-5-17-37(45)38-18-6-12-24-46(38)50/h1-11,13-23,25,27,29-30H,12,24H2. The molecule has 0 aliphatic heterocycles. The second-order valence-corrected chi connectivity index (χ2v) is 12.8. The molecule has 4 nitrogen and oxygen atoms in total. The molecule has 1 aliphatic carbocycles. The predicted molar refractivity (Wildman–Crippen MR) is 205 cm³/mol. The highest BCUT2D eigenvalue weighted by Gasteiger charge is 2.23. The zero-order valence-electron chi connectivity index (χ0n) is 27.2. The van der Waals surface area contributed by atoms with E-state index < -0.39 is 0 Å². The van der Waals surface area contributed by atoms with Crippen LogP contribution in [0.4, 0.5) is 0 Å². The molecule has 0 saturated carbocycles. The fraction of sp³-hybridized carbons (Fsp3) is 0.0435. The van der Waals surface area contributed by atoms with Gasteiger partial charge in [-0.15, -0.1) is 0 Å². The molecule has 0 N–H and O–H groups in total. The van der Waals surface area contributed by atoms with Crippen LogP contribution in [0.5, 0.6) is 0 Å². The maximum Gasteiger partial charge on any atom is 0.0544 e. The van der Waals surface area contributed by atoms with Gasteiger partial charge in [0.05, 0.1) is 27.9 Å². The molecule has 5 aromatic carbocycles. The molecule has 4 aromatic heterocycles. The van der Waals surface area contributed by atoms with Crippen molar-refractivity contribution in [2.45, 2.75) is 12.8 Å². The number of rotatable bonds is 5. The average molecular weight is 639 g/mol. The van der Waals surface area contributed by atoms with Crippen molar-refractivity contribution in [2.75, 3.05) is 0 Å². The van der Waals surface area contributed by atoms with Crippen LogP contribution in [0.2, 0.25) is 0 Å². The van der Waals surface area contributed by atoms with E-state index in [0.717, 1.165) is 57.6 Å². The van der Waals surface area contributed by atoms with Crippen molar-refractivity contribution in [3.8, 4) is 44.8 Å². The quantitative estimate of drug-likeness (QED) is 0.188. The Morgan fingerprint density at radius 2 is 1.14 bits per heavy atom. The molecule has 0 atom stereocenters. The number of para-hydroxylation sites is 5. The molecule has 0 amide bonds. The molecule has 9 aromatic rings. The molecule has 10 rings (SSSR count). The highest BCUT2D eigenvalue weighted by molar-refractivity contribution is 6.10. The lowest BCUT2D eigenvalue weighted by Gasteiger charge is -2.19. The number of benzene rings is 5. The molecule has 0 bridgehead atoms. The second-order valence-electron chi connectivity index (χ2n) is 12.8. The van der Waals surface area contributed by atoms with Gasteiger partial charge >= 0.3 is 0 Å². The zero-order chi connectivity index (χ0) is 33.0. The predicted octanol–water partition coefficient (Wildman–Crippen LogP) is 11.1. The summed E-state index contributed by atoms with van der Waals surface area (Å²) < 4.78 is 4.83. The van der Waals surface area contributed by atoms with Gasteiger partial charge in [-0.3, -0.25) is 4.98 Å². The molecule has 4 heterocycles. The van der Waals surface area contributed by atoms with E-state index in [1.54, 1.807) is 0 Å². The summed E-state index contributed by atoms with van der Waals surface area (Å²) in [6.07, 6.45) is 15.4. The summed E-state index contributed by atoms with van der Waals surface area (Å²) >= 11 is 0. The first-order valence-corrected chi connectivity index (χ1v) is 17.1. The van der Waals surface area contributed by atoms with Crippen molar-refractivity contribution >= 4 is 38.8 Å². The van der Waals surface area contributed by atoms with Gasteiger partial charge in [-0.05, 0) is 60.9 Å². The Hall–Kier alpha value is -6.70. The fourth-order valence-electron chi connectivity index (χ4n) is 7.98. The zero-order valence-corrected chi connectivity index (χ0v) is 27.2. The SMILES string of the molecule is c1ncc(-c2cnccc2-c2ccccc2-n2c3ccccc3c3ccccc32)c(-c2ccccc2-n2c3c(c4ccccc42)C=CCC3)c#1. The van der Waals surface area contributed by atoms with Gasteiger partial charge in [0.15, 0.2) is 0 Å². The van der Waals surface area contributed by atoms with E-state index in [0.29, 0.717) is 0 Å². The Balaban J connectivity index is 1.20. The summed E-state index contributed by atoms with van der Waals surface area (Å²) in [5, 5.41) is 3.74. The highest BCUT2D eigenvalue weighted by atomic mass is 15.0. The van der Waals surface area contributed by atoms with Crippen LogP contribution in [0.15, 0.2) is 152 Å². The van der Waals surface area contributed by atoms with Gasteiger partial charge in [-0.2, -0.15) is 0 Å². The monoisotopic (exact) mass is 638 g/mol. The first-order chi connectivity index (χ1) is 24.9. The molecule has 0 saturated heterocycles. The van der Waals surface area contributed by atoms with Crippen molar-refractivity contribution in [1.29, 1.82) is 0 Å². The lowest BCUT2D eigenvalue weighted by molar-refractivity contribution is 0.889. The number of pyridine rings is 1. The highest BCUT2D eigenvalue weighted by Crippen LogP contribution is 2.43. The first kappa shape index (κ1) is 28.3. The third-order valence-electron chi connectivity index (χ3n) is 10.1. The third kappa shape index (κ3) is 4.27. The minimum atomic E-state index is 0.942. The smallest absolute Gasteiger partial charge is 0.0544 e. The summed E-state index contributed by atoms with van der Waals surface area (Å²) in [7, 11) is 0. The van der Waals surface area contributed by atoms with Gasteiger partial charge in [-0.1, -0.05) is 103 Å². The Kier molecular flexibility index (Phi) is 6.50. The maximum absolute atomic E-state index is 4.67. The van der Waals surface area contributed by atoms with Crippen LogP contribution in [0.1, 0.15) is 17.7 Å². The molecular weight excluding hydrogens is 609 g/mol. The molecular formula is C46H30N4. The molecule has 0 radical (unpaired) electrons. The van der Waals surface area contributed by atoms with Crippen molar-refractivity contribution in [1.82, 2.24) is 19.1 Å². The molecule has 0 spiro atoms. The van der Waals surface area contributed by atoms with Gasteiger partial charge in [0.1, 0.15) is 0 Å². The van der Waals surface area contributed by atoms with Crippen molar-refractivity contribution in [3.05, 3.63) is 176 Å². The normalized spacial score (nSPS) is 12.4. The average Bonchev–Trinajstić information content (AvgIpc) is 3.71. The lowest BCUT2D eigenvalue weighted by Crippen LogP contribution is -2.05. The third-order valence-corrected chi connectivity index (χ3v) is 10.1. The largest absolute Gasteiger partial charge is 0.312 e. The number of fused-ring (bicyclic) bond motifs is 6. The van der Waals surface area contributed by atoms with E-state index >= 15 is 0 Å². The van der Waals surface area contributed by atoms with Crippen LogP contribution in [0.25, 0.3) is 83.5 Å². The van der Waals surface area contributed by atoms with Crippen molar-refractivity contribution in [2.24, 2.45) is 0 Å². The van der Waals surface area contributed by atoms with Crippen LogP contribution in [0.3, 0.4) is 0 Å². The van der Waals surface area contributed by atoms with E-state index in [1.807, 2.05) is 18.6 Å². The van der Waals surface area contributed by atoms with E-state index in [2.05, 4.69) is 171 Å². The molecule has 0 unspecified atom stereocenters. The van der Waals surface area contributed by atoms with Crippen LogP contribution in [-0.4, -0.2) is 19.1 Å². The minimum Gasteiger partial charge on any atom is -0.312 e. The van der Waals surface area contributed by atoms with Crippen molar-refractivity contribution < 1.29 is 0 Å². The molecule has 50 heavy (non-hydrogen) atoms. The van der Waals surface area contributed by atoms with Crippen molar-refractivity contribution in [3.63, 3.8) is 0 Å². The molecule has 234 valence electrons. The Labute approximate surface area is 290 Å². The second kappa shape index (κ2) is 11.5. The molecule has 1 aliphatic rings. The molecule has 4 heteroatoms. The van der Waals surface area contributed by atoms with Gasteiger partial charge in [0, 0.05) is 80.0 Å². The Bertz CT molecular complexity index is 2730. The van der Waals surface area contributed by atoms with Gasteiger partial charge in [0.2, 0.25) is 0 Å². The van der Waals surface area contributed by atoms with Crippen LogP contribution in [0, 0.1) is 12.3 Å². The van der Waals surface area contributed by atoms with Crippen LogP contribution in [-0.2, 0) is 6.42 Å². The maximum atomic E-state index is 4.67. The first-order valence-electron chi connectivity index (χ1n) is 17.1. The molecule has 0 fully saturated rings. The summed E-state index contributed by atoms with van der Waals surface area (Å²) in [6, 6.07) is 48.9. The van der Waals surface area contributed by atoms with E-state index in [9.17, 15) is 0 Å². The summed E-state index contributed by atoms with van der Waals surface area (Å²) in [4.78, 5) is 9.19. The van der Waals surface area contributed by atoms with E-state index in [4.69, 9.17) is 0 Å². The van der Waals surface area contributed by atoms with Gasteiger partial charge in [0.25, 0.3) is 0 Å². The van der Waals surface area contributed by atoms with Gasteiger partial charge < -0.3 is 9.13 Å². The van der Waals surface area contributed by atoms with Gasteiger partial charge in [-0.25, -0.2) is 4.98 Å². The number of nitrogens with zero attached hydrogens (tertiary/aromatic N) is 4. The van der Waals surface area contributed by atoms with Crippen LogP contribution < -0.4 is 0 Å². The summed E-state index contributed by atoms with van der Waals surface area (Å²) in [5.41, 5.74) is 14.6. The number of hydrogen-bond donors (Lipinski definition) is 0. The number of aromatic nitrogens is 4. The topological polar surface area (TPSA) is 35.6 Å². The summed E-state index contributed by atoms with van der Waals surface area (Å²) in [6.45, 7) is 0. The lowest BCUT2D eigenvalue weighted by atomic mass is 9.91. The summed E-state index contributed by atoms with van der Waals surface area (Å²) in [5.74, 6) is 0.